The van der Waals surface area contributed by atoms with E-state index in [9.17, 15) is 9.50 Å². The molecule has 0 saturated heterocycles. The summed E-state index contributed by atoms with van der Waals surface area (Å²) in [5.74, 6) is -0.187. The summed E-state index contributed by atoms with van der Waals surface area (Å²) >= 11 is 0. The standard InChI is InChI=1S/C13H19FO2/c1-4-9(5-2)13(15)10-7-6-8-11(16-3)12(10)14/h6-9,13,15H,4-5H2,1-3H3. The van der Waals surface area contributed by atoms with Crippen LogP contribution in [-0.4, -0.2) is 12.2 Å². The van der Waals surface area contributed by atoms with E-state index < -0.39 is 11.9 Å². The minimum atomic E-state index is -0.759. The minimum Gasteiger partial charge on any atom is -0.494 e. The number of methoxy groups -OCH3 is 1. The van der Waals surface area contributed by atoms with Gasteiger partial charge in [-0.1, -0.05) is 38.8 Å². The molecule has 1 aromatic rings. The van der Waals surface area contributed by atoms with Crippen molar-refractivity contribution in [3.05, 3.63) is 29.6 Å². The van der Waals surface area contributed by atoms with Crippen molar-refractivity contribution in [3.8, 4) is 5.75 Å². The maximum Gasteiger partial charge on any atom is 0.170 e. The van der Waals surface area contributed by atoms with Crippen molar-refractivity contribution in [1.82, 2.24) is 0 Å². The van der Waals surface area contributed by atoms with Crippen molar-refractivity contribution in [2.75, 3.05) is 7.11 Å². The van der Waals surface area contributed by atoms with E-state index >= 15 is 0 Å². The molecular weight excluding hydrogens is 207 g/mol. The third kappa shape index (κ3) is 2.53. The first-order valence-electron chi connectivity index (χ1n) is 5.66. The third-order valence-electron chi connectivity index (χ3n) is 3.03. The second kappa shape index (κ2) is 5.85. The topological polar surface area (TPSA) is 29.5 Å². The Labute approximate surface area is 96.1 Å². The molecule has 0 heterocycles. The zero-order valence-electron chi connectivity index (χ0n) is 10.0. The van der Waals surface area contributed by atoms with Crippen LogP contribution in [0.1, 0.15) is 38.4 Å². The highest BCUT2D eigenvalue weighted by molar-refractivity contribution is 5.32. The highest BCUT2D eigenvalue weighted by Gasteiger charge is 2.22. The molecule has 0 fully saturated rings. The van der Waals surface area contributed by atoms with Gasteiger partial charge >= 0.3 is 0 Å². The molecule has 2 nitrogen and oxygen atoms in total. The molecule has 0 aliphatic carbocycles. The van der Waals surface area contributed by atoms with Crippen LogP contribution in [-0.2, 0) is 0 Å². The Morgan fingerprint density at radius 2 is 1.94 bits per heavy atom. The lowest BCUT2D eigenvalue weighted by Gasteiger charge is -2.21. The molecule has 0 amide bonds. The summed E-state index contributed by atoms with van der Waals surface area (Å²) in [6.45, 7) is 3.99. The van der Waals surface area contributed by atoms with Crippen LogP contribution >= 0.6 is 0 Å². The largest absolute Gasteiger partial charge is 0.494 e. The van der Waals surface area contributed by atoms with Gasteiger partial charge in [0.2, 0.25) is 0 Å². The molecule has 16 heavy (non-hydrogen) atoms. The first kappa shape index (κ1) is 13.0. The SMILES string of the molecule is CCC(CC)C(O)c1cccc(OC)c1F. The molecule has 1 unspecified atom stereocenters. The number of aliphatic hydroxyl groups excluding tert-OH is 1. The van der Waals surface area contributed by atoms with Crippen molar-refractivity contribution < 1.29 is 14.2 Å². The number of aliphatic hydroxyl groups is 1. The molecule has 90 valence electrons. The van der Waals surface area contributed by atoms with E-state index in [4.69, 9.17) is 4.74 Å². The normalized spacial score (nSPS) is 12.9. The van der Waals surface area contributed by atoms with Crippen LogP contribution in [0.3, 0.4) is 0 Å². The predicted molar refractivity (Wildman–Crippen MR) is 62.0 cm³/mol. The molecule has 0 aliphatic rings. The molecule has 0 saturated carbocycles. The number of hydrogen-bond donors (Lipinski definition) is 1. The Bertz CT molecular complexity index is 335. The van der Waals surface area contributed by atoms with Crippen molar-refractivity contribution in [2.24, 2.45) is 5.92 Å². The summed E-state index contributed by atoms with van der Waals surface area (Å²) in [4.78, 5) is 0. The second-order valence-corrected chi connectivity index (χ2v) is 3.88. The van der Waals surface area contributed by atoms with E-state index in [0.29, 0.717) is 5.56 Å². The van der Waals surface area contributed by atoms with Gasteiger partial charge in [-0.2, -0.15) is 0 Å². The zero-order valence-corrected chi connectivity index (χ0v) is 10.0. The van der Waals surface area contributed by atoms with Gasteiger partial charge in [-0.3, -0.25) is 0 Å². The maximum absolute atomic E-state index is 13.9. The molecule has 0 aliphatic heterocycles. The smallest absolute Gasteiger partial charge is 0.170 e. The van der Waals surface area contributed by atoms with Gasteiger partial charge in [0, 0.05) is 5.56 Å². The first-order chi connectivity index (χ1) is 7.65. The van der Waals surface area contributed by atoms with Crippen LogP contribution in [0.4, 0.5) is 4.39 Å². The predicted octanol–water partition coefficient (Wildman–Crippen LogP) is 3.30. The molecule has 1 atom stereocenters. The van der Waals surface area contributed by atoms with Crippen LogP contribution in [0, 0.1) is 11.7 Å². The molecule has 0 spiro atoms. The van der Waals surface area contributed by atoms with E-state index in [1.807, 2.05) is 13.8 Å². The fourth-order valence-corrected chi connectivity index (χ4v) is 1.90. The Kier molecular flexibility index (Phi) is 4.74. The number of ether oxygens (including phenoxy) is 1. The number of rotatable bonds is 5. The summed E-state index contributed by atoms with van der Waals surface area (Å²) < 4.78 is 18.8. The second-order valence-electron chi connectivity index (χ2n) is 3.88. The van der Waals surface area contributed by atoms with Crippen molar-refractivity contribution in [1.29, 1.82) is 0 Å². The summed E-state index contributed by atoms with van der Waals surface area (Å²) in [7, 11) is 1.42. The van der Waals surface area contributed by atoms with Crippen molar-refractivity contribution >= 4 is 0 Å². The van der Waals surface area contributed by atoms with E-state index in [-0.39, 0.29) is 11.7 Å². The van der Waals surface area contributed by atoms with Gasteiger partial charge in [-0.25, -0.2) is 4.39 Å². The molecule has 0 aromatic heterocycles. The van der Waals surface area contributed by atoms with E-state index in [2.05, 4.69) is 0 Å². The summed E-state index contributed by atoms with van der Waals surface area (Å²) in [6.07, 6.45) is 0.896. The van der Waals surface area contributed by atoms with E-state index in [1.165, 1.54) is 7.11 Å². The van der Waals surface area contributed by atoms with Crippen molar-refractivity contribution in [3.63, 3.8) is 0 Å². The Morgan fingerprint density at radius 3 is 2.44 bits per heavy atom. The Morgan fingerprint density at radius 1 is 1.31 bits per heavy atom. The number of halogens is 1. The molecule has 1 N–H and O–H groups in total. The number of benzene rings is 1. The molecule has 0 bridgehead atoms. The van der Waals surface area contributed by atoms with Crippen LogP contribution in [0.2, 0.25) is 0 Å². The van der Waals surface area contributed by atoms with Crippen molar-refractivity contribution in [2.45, 2.75) is 32.8 Å². The monoisotopic (exact) mass is 226 g/mol. The molecule has 0 radical (unpaired) electrons. The van der Waals surface area contributed by atoms with Crippen LogP contribution in [0.15, 0.2) is 18.2 Å². The van der Waals surface area contributed by atoms with E-state index in [1.54, 1.807) is 18.2 Å². The molecule has 1 aromatic carbocycles. The van der Waals surface area contributed by atoms with Gasteiger partial charge in [0.05, 0.1) is 13.2 Å². The molecule has 3 heteroatoms. The average molecular weight is 226 g/mol. The van der Waals surface area contributed by atoms with Crippen LogP contribution in [0.25, 0.3) is 0 Å². The molecule has 1 rings (SSSR count). The fourth-order valence-electron chi connectivity index (χ4n) is 1.90. The van der Waals surface area contributed by atoms with Gasteiger partial charge < -0.3 is 9.84 Å². The fraction of sp³-hybridized carbons (Fsp3) is 0.538. The lowest BCUT2D eigenvalue weighted by atomic mass is 9.91. The molecular formula is C13H19FO2. The quantitative estimate of drug-likeness (QED) is 0.834. The van der Waals surface area contributed by atoms with Gasteiger partial charge in [-0.05, 0) is 12.0 Å². The zero-order chi connectivity index (χ0) is 12.1. The first-order valence-corrected chi connectivity index (χ1v) is 5.66. The summed E-state index contributed by atoms with van der Waals surface area (Å²) in [5, 5.41) is 10.1. The summed E-state index contributed by atoms with van der Waals surface area (Å²) in [6, 6.07) is 4.86. The van der Waals surface area contributed by atoms with Gasteiger partial charge in [0.1, 0.15) is 0 Å². The van der Waals surface area contributed by atoms with Gasteiger partial charge in [0.15, 0.2) is 11.6 Å². The minimum absolute atomic E-state index is 0.0848. The Balaban J connectivity index is 3.03. The average Bonchev–Trinajstić information content (AvgIpc) is 2.30. The third-order valence-corrected chi connectivity index (χ3v) is 3.03. The maximum atomic E-state index is 13.9. The highest BCUT2D eigenvalue weighted by Crippen LogP contribution is 2.32. The number of hydrogen-bond acceptors (Lipinski definition) is 2. The lowest BCUT2D eigenvalue weighted by molar-refractivity contribution is 0.0990. The van der Waals surface area contributed by atoms with Crippen LogP contribution < -0.4 is 4.74 Å². The van der Waals surface area contributed by atoms with Gasteiger partial charge in [0.25, 0.3) is 0 Å². The van der Waals surface area contributed by atoms with E-state index in [0.717, 1.165) is 12.8 Å². The van der Waals surface area contributed by atoms with Gasteiger partial charge in [-0.15, -0.1) is 0 Å². The summed E-state index contributed by atoms with van der Waals surface area (Å²) in [5.41, 5.74) is 0.327. The highest BCUT2D eigenvalue weighted by atomic mass is 19.1. The lowest BCUT2D eigenvalue weighted by Crippen LogP contribution is -2.12. The Hall–Kier alpha value is -1.09. The van der Waals surface area contributed by atoms with Crippen LogP contribution in [0.5, 0.6) is 5.75 Å².